The fourth-order valence-corrected chi connectivity index (χ4v) is 3.14. The lowest BCUT2D eigenvalue weighted by atomic mass is 9.99. The number of ether oxygens (including phenoxy) is 6. The van der Waals surface area contributed by atoms with Crippen LogP contribution in [-0.4, -0.2) is 65.4 Å². The van der Waals surface area contributed by atoms with Crippen LogP contribution in [0.3, 0.4) is 0 Å². The highest BCUT2D eigenvalue weighted by Crippen LogP contribution is 2.22. The summed E-state index contributed by atoms with van der Waals surface area (Å²) >= 11 is 0. The van der Waals surface area contributed by atoms with Gasteiger partial charge in [0.2, 0.25) is 0 Å². The van der Waals surface area contributed by atoms with Crippen molar-refractivity contribution in [2.45, 2.75) is 92.0 Å². The first kappa shape index (κ1) is 29.5. The number of hydrogen-bond acceptors (Lipinski definition) is 6. The second-order valence-corrected chi connectivity index (χ2v) is 7.72. The Kier molecular flexibility index (Phi) is 18.9. The van der Waals surface area contributed by atoms with Crippen LogP contribution in [0.2, 0.25) is 0 Å². The van der Waals surface area contributed by atoms with Crippen LogP contribution in [0, 0.1) is 11.8 Å². The number of methoxy groups -OCH3 is 2. The Bertz CT molecular complexity index is 367. The van der Waals surface area contributed by atoms with Gasteiger partial charge in [-0.2, -0.15) is 0 Å². The molecular formula is C24H48O6. The van der Waals surface area contributed by atoms with Crippen molar-refractivity contribution in [3.8, 4) is 0 Å². The van der Waals surface area contributed by atoms with Gasteiger partial charge in [-0.1, -0.05) is 53.7 Å². The minimum atomic E-state index is -0.316. The molecule has 0 saturated carbocycles. The average molecular weight is 433 g/mol. The van der Waals surface area contributed by atoms with Crippen LogP contribution in [0.4, 0.5) is 0 Å². The van der Waals surface area contributed by atoms with Crippen LogP contribution in [0.1, 0.15) is 67.2 Å². The maximum absolute atomic E-state index is 6.14. The summed E-state index contributed by atoms with van der Waals surface area (Å²) in [6, 6.07) is 0. The lowest BCUT2D eigenvalue weighted by molar-refractivity contribution is -0.175. The fraction of sp³-hybridized carbons (Fsp3) is 0.917. The zero-order valence-electron chi connectivity index (χ0n) is 20.7. The molecule has 0 saturated heterocycles. The molecular weight excluding hydrogens is 384 g/mol. The summed E-state index contributed by atoms with van der Waals surface area (Å²) in [7, 11) is 3.36. The van der Waals surface area contributed by atoms with Gasteiger partial charge >= 0.3 is 0 Å². The van der Waals surface area contributed by atoms with Crippen LogP contribution in [-0.2, 0) is 28.4 Å². The van der Waals surface area contributed by atoms with Gasteiger partial charge in [-0.05, 0) is 25.7 Å². The van der Waals surface area contributed by atoms with Crippen molar-refractivity contribution in [1.82, 2.24) is 0 Å². The summed E-state index contributed by atoms with van der Waals surface area (Å²) < 4.78 is 35.2. The van der Waals surface area contributed by atoms with Gasteiger partial charge in [0.25, 0.3) is 0 Å². The molecule has 0 aliphatic heterocycles. The molecule has 0 aliphatic rings. The zero-order chi connectivity index (χ0) is 22.8. The largest absolute Gasteiger partial charge is 0.374 e. The lowest BCUT2D eigenvalue weighted by Crippen LogP contribution is -2.36. The number of hydrogen-bond donors (Lipinski definition) is 0. The summed E-state index contributed by atoms with van der Waals surface area (Å²) in [5.41, 5.74) is 0. The summed E-state index contributed by atoms with van der Waals surface area (Å²) in [4.78, 5) is 0. The van der Waals surface area contributed by atoms with Crippen LogP contribution in [0.5, 0.6) is 0 Å². The highest BCUT2D eigenvalue weighted by Gasteiger charge is 2.28. The molecule has 6 nitrogen and oxygen atoms in total. The minimum absolute atomic E-state index is 0.0426. The summed E-state index contributed by atoms with van der Waals surface area (Å²) in [5, 5.41) is 0. The van der Waals surface area contributed by atoms with Gasteiger partial charge in [0.1, 0.15) is 0 Å². The Morgan fingerprint density at radius 1 is 0.533 bits per heavy atom. The molecule has 0 bridgehead atoms. The van der Waals surface area contributed by atoms with E-state index < -0.39 is 0 Å². The van der Waals surface area contributed by atoms with Gasteiger partial charge in [-0.15, -0.1) is 0 Å². The van der Waals surface area contributed by atoms with E-state index in [2.05, 4.69) is 53.7 Å². The van der Waals surface area contributed by atoms with Crippen molar-refractivity contribution < 1.29 is 28.4 Å². The van der Waals surface area contributed by atoms with E-state index in [9.17, 15) is 0 Å². The van der Waals surface area contributed by atoms with Gasteiger partial charge in [-0.25, -0.2) is 0 Å². The molecule has 0 spiro atoms. The molecule has 0 heterocycles. The topological polar surface area (TPSA) is 55.4 Å². The zero-order valence-corrected chi connectivity index (χ0v) is 20.7. The second kappa shape index (κ2) is 19.2. The SMILES string of the molecule is CCCOC(C=CC(OCCC)C(C)C(OC)OCCC)C(C)C(OC)OCCC. The lowest BCUT2D eigenvalue weighted by Gasteiger charge is -2.30. The molecule has 6 heteroatoms. The van der Waals surface area contributed by atoms with Gasteiger partial charge in [0.15, 0.2) is 12.6 Å². The molecule has 0 aromatic rings. The molecule has 0 N–H and O–H groups in total. The molecule has 0 radical (unpaired) electrons. The van der Waals surface area contributed by atoms with Crippen molar-refractivity contribution in [2.24, 2.45) is 11.8 Å². The van der Waals surface area contributed by atoms with Crippen molar-refractivity contribution in [2.75, 3.05) is 40.6 Å². The van der Waals surface area contributed by atoms with Crippen molar-refractivity contribution in [3.05, 3.63) is 12.2 Å². The van der Waals surface area contributed by atoms with E-state index in [-0.39, 0.29) is 36.6 Å². The minimum Gasteiger partial charge on any atom is -0.374 e. The molecule has 0 fully saturated rings. The second-order valence-electron chi connectivity index (χ2n) is 7.72. The summed E-state index contributed by atoms with van der Waals surface area (Å²) in [6.07, 6.45) is 7.07. The molecule has 6 unspecified atom stereocenters. The number of rotatable bonds is 20. The average Bonchev–Trinajstić information content (AvgIpc) is 2.76. The van der Waals surface area contributed by atoms with Crippen LogP contribution < -0.4 is 0 Å². The monoisotopic (exact) mass is 432 g/mol. The van der Waals surface area contributed by atoms with Gasteiger partial charge in [-0.3, -0.25) is 0 Å². The van der Waals surface area contributed by atoms with Gasteiger partial charge in [0.05, 0.1) is 12.2 Å². The molecule has 0 rings (SSSR count). The Hall–Kier alpha value is -0.500. The smallest absolute Gasteiger partial charge is 0.162 e. The van der Waals surface area contributed by atoms with E-state index in [0.717, 1.165) is 25.7 Å². The van der Waals surface area contributed by atoms with E-state index >= 15 is 0 Å². The normalized spacial score (nSPS) is 18.3. The first-order valence-corrected chi connectivity index (χ1v) is 11.7. The molecule has 0 aromatic heterocycles. The predicted octanol–water partition coefficient (Wildman–Crippen LogP) is 5.20. The van der Waals surface area contributed by atoms with E-state index in [0.29, 0.717) is 26.4 Å². The van der Waals surface area contributed by atoms with Crippen LogP contribution in [0.15, 0.2) is 12.2 Å². The van der Waals surface area contributed by atoms with Crippen molar-refractivity contribution in [3.63, 3.8) is 0 Å². The Morgan fingerprint density at radius 2 is 0.833 bits per heavy atom. The maximum Gasteiger partial charge on any atom is 0.162 e. The molecule has 0 amide bonds. The summed E-state index contributed by atoms with van der Waals surface area (Å²) in [6.45, 7) is 15.3. The maximum atomic E-state index is 6.14. The summed E-state index contributed by atoms with van der Waals surface area (Å²) in [5.74, 6) is 0.0853. The van der Waals surface area contributed by atoms with Gasteiger partial charge in [0, 0.05) is 52.5 Å². The predicted molar refractivity (Wildman–Crippen MR) is 122 cm³/mol. The van der Waals surface area contributed by atoms with Crippen LogP contribution in [0.25, 0.3) is 0 Å². The van der Waals surface area contributed by atoms with Crippen molar-refractivity contribution >= 4 is 0 Å². The molecule has 180 valence electrons. The first-order valence-electron chi connectivity index (χ1n) is 11.7. The molecule has 30 heavy (non-hydrogen) atoms. The third-order valence-electron chi connectivity index (χ3n) is 4.85. The first-order chi connectivity index (χ1) is 14.5. The van der Waals surface area contributed by atoms with E-state index in [4.69, 9.17) is 28.4 Å². The van der Waals surface area contributed by atoms with E-state index in [1.165, 1.54) is 0 Å². The van der Waals surface area contributed by atoms with E-state index in [1.54, 1.807) is 14.2 Å². The van der Waals surface area contributed by atoms with E-state index in [1.807, 2.05) is 0 Å². The Balaban J connectivity index is 5.41. The molecule has 0 aromatic carbocycles. The van der Waals surface area contributed by atoms with Gasteiger partial charge < -0.3 is 28.4 Å². The highest BCUT2D eigenvalue weighted by molar-refractivity contribution is 4.99. The quantitative estimate of drug-likeness (QED) is 0.195. The third-order valence-corrected chi connectivity index (χ3v) is 4.85. The van der Waals surface area contributed by atoms with Crippen LogP contribution >= 0.6 is 0 Å². The molecule has 6 atom stereocenters. The highest BCUT2D eigenvalue weighted by atomic mass is 16.7. The Morgan fingerprint density at radius 3 is 1.10 bits per heavy atom. The standard InChI is InChI=1S/C24H48O6/c1-9-15-27-21(19(5)23(25-7)29-17-11-3)13-14-22(28-16-10-2)20(6)24(26-8)30-18-12-4/h13-14,19-24H,9-12,15-18H2,1-8H3. The van der Waals surface area contributed by atoms with Crippen molar-refractivity contribution in [1.29, 1.82) is 0 Å². The Labute approximate surface area is 185 Å². The molecule has 0 aliphatic carbocycles. The fourth-order valence-electron chi connectivity index (χ4n) is 3.14. The third kappa shape index (κ3) is 11.8.